The summed E-state index contributed by atoms with van der Waals surface area (Å²) in [6, 6.07) is 9.09. The van der Waals surface area contributed by atoms with E-state index in [4.69, 9.17) is 0 Å². The molecule has 0 aliphatic carbocycles. The Balaban J connectivity index is 2.53. The fourth-order valence-electron chi connectivity index (χ4n) is 2.18. The summed E-state index contributed by atoms with van der Waals surface area (Å²) in [5.74, 6) is -0.0999. The van der Waals surface area contributed by atoms with Gasteiger partial charge in [0.05, 0.1) is 5.69 Å². The van der Waals surface area contributed by atoms with Crippen LogP contribution in [0.1, 0.15) is 44.6 Å². The number of benzene rings is 1. The number of nitrogens with one attached hydrogen (secondary N) is 1. The van der Waals surface area contributed by atoms with E-state index < -0.39 is 0 Å². The predicted octanol–water partition coefficient (Wildman–Crippen LogP) is 3.07. The molecule has 2 aromatic rings. The van der Waals surface area contributed by atoms with Crippen molar-refractivity contribution in [2.75, 3.05) is 0 Å². The van der Waals surface area contributed by atoms with Gasteiger partial charge in [0.2, 0.25) is 0 Å². The number of hydrogen-bond acceptors (Lipinski definition) is 2. The van der Waals surface area contributed by atoms with Crippen LogP contribution in [0.2, 0.25) is 0 Å². The lowest BCUT2D eigenvalue weighted by Crippen LogP contribution is -2.04. The highest BCUT2D eigenvalue weighted by molar-refractivity contribution is 6.12. The Morgan fingerprint density at radius 1 is 1.06 bits per heavy atom. The Morgan fingerprint density at radius 2 is 1.67 bits per heavy atom. The van der Waals surface area contributed by atoms with E-state index in [9.17, 15) is 9.59 Å². The van der Waals surface area contributed by atoms with Crippen LogP contribution in [0.4, 0.5) is 0 Å². The summed E-state index contributed by atoms with van der Waals surface area (Å²) in [6.45, 7) is 5.11. The largest absolute Gasteiger partial charge is 0.355 e. The van der Waals surface area contributed by atoms with Crippen LogP contribution in [0, 0.1) is 13.8 Å². The van der Waals surface area contributed by atoms with Gasteiger partial charge < -0.3 is 4.98 Å². The molecular formula is C15H15NO2. The van der Waals surface area contributed by atoms with Gasteiger partial charge in [0.1, 0.15) is 0 Å². The summed E-state index contributed by atoms with van der Waals surface area (Å²) >= 11 is 0. The molecule has 0 fully saturated rings. The molecule has 1 heterocycles. The Kier molecular flexibility index (Phi) is 3.15. The van der Waals surface area contributed by atoms with Gasteiger partial charge in [0, 0.05) is 23.7 Å². The Morgan fingerprint density at radius 3 is 2.17 bits per heavy atom. The molecule has 1 aromatic carbocycles. The highest BCUT2D eigenvalue weighted by Crippen LogP contribution is 2.21. The van der Waals surface area contributed by atoms with Crippen LogP contribution in [0.25, 0.3) is 0 Å². The summed E-state index contributed by atoms with van der Waals surface area (Å²) in [7, 11) is 0. The second kappa shape index (κ2) is 4.61. The zero-order valence-corrected chi connectivity index (χ0v) is 10.7. The first-order valence-corrected chi connectivity index (χ1v) is 5.82. The lowest BCUT2D eigenvalue weighted by Gasteiger charge is -2.02. The van der Waals surface area contributed by atoms with Gasteiger partial charge >= 0.3 is 0 Å². The van der Waals surface area contributed by atoms with Crippen molar-refractivity contribution in [3.05, 3.63) is 58.4 Å². The standard InChI is InChI=1S/C15H15NO2/c1-9-13(10(2)16-14(9)11(3)17)15(18)12-7-5-4-6-8-12/h4-8,16H,1-3H3. The molecule has 0 aliphatic heterocycles. The van der Waals surface area contributed by atoms with Crippen molar-refractivity contribution in [2.24, 2.45) is 0 Å². The number of aromatic amines is 1. The molecule has 2 rings (SSSR count). The minimum absolute atomic E-state index is 0.0469. The van der Waals surface area contributed by atoms with Crippen LogP contribution >= 0.6 is 0 Å². The summed E-state index contributed by atoms with van der Waals surface area (Å²) in [5, 5.41) is 0. The molecule has 0 bridgehead atoms. The molecule has 92 valence electrons. The number of carbonyl (C=O) groups is 2. The third-order valence-electron chi connectivity index (χ3n) is 3.05. The van der Waals surface area contributed by atoms with Crippen molar-refractivity contribution < 1.29 is 9.59 Å². The van der Waals surface area contributed by atoms with Crippen molar-refractivity contribution in [1.82, 2.24) is 4.98 Å². The fourth-order valence-corrected chi connectivity index (χ4v) is 2.18. The number of Topliss-reactive ketones (excluding diaryl/α,β-unsaturated/α-hetero) is 1. The lowest BCUT2D eigenvalue weighted by atomic mass is 9.99. The molecule has 0 saturated heterocycles. The first-order chi connectivity index (χ1) is 8.52. The van der Waals surface area contributed by atoms with Crippen molar-refractivity contribution >= 4 is 11.6 Å². The van der Waals surface area contributed by atoms with E-state index in [1.165, 1.54) is 6.92 Å². The third kappa shape index (κ3) is 1.99. The van der Waals surface area contributed by atoms with E-state index >= 15 is 0 Å². The maximum atomic E-state index is 12.4. The van der Waals surface area contributed by atoms with E-state index in [0.717, 1.165) is 11.3 Å². The highest BCUT2D eigenvalue weighted by atomic mass is 16.1. The number of hydrogen-bond donors (Lipinski definition) is 1. The summed E-state index contributed by atoms with van der Waals surface area (Å²) in [6.07, 6.45) is 0. The average molecular weight is 241 g/mol. The number of carbonyl (C=O) groups excluding carboxylic acids is 2. The van der Waals surface area contributed by atoms with E-state index in [1.54, 1.807) is 19.1 Å². The quantitative estimate of drug-likeness (QED) is 0.839. The zero-order chi connectivity index (χ0) is 13.3. The molecule has 0 unspecified atom stereocenters. The molecule has 1 aromatic heterocycles. The average Bonchev–Trinajstić information content (AvgIpc) is 2.65. The Bertz CT molecular complexity index is 609. The Hall–Kier alpha value is -2.16. The molecule has 0 amide bonds. The van der Waals surface area contributed by atoms with Crippen LogP contribution < -0.4 is 0 Å². The van der Waals surface area contributed by atoms with Crippen molar-refractivity contribution in [2.45, 2.75) is 20.8 Å². The van der Waals surface area contributed by atoms with Gasteiger partial charge in [-0.3, -0.25) is 9.59 Å². The van der Waals surface area contributed by atoms with Crippen LogP contribution in [0.5, 0.6) is 0 Å². The van der Waals surface area contributed by atoms with Crippen LogP contribution in [-0.2, 0) is 0 Å². The van der Waals surface area contributed by atoms with Crippen LogP contribution in [0.15, 0.2) is 30.3 Å². The fraction of sp³-hybridized carbons (Fsp3) is 0.200. The van der Waals surface area contributed by atoms with Gasteiger partial charge in [-0.05, 0) is 19.4 Å². The molecule has 0 atom stereocenters. The second-order valence-electron chi connectivity index (χ2n) is 4.38. The minimum atomic E-state index is -0.0530. The van der Waals surface area contributed by atoms with Gasteiger partial charge in [-0.2, -0.15) is 0 Å². The van der Waals surface area contributed by atoms with E-state index in [1.807, 2.05) is 25.1 Å². The van der Waals surface area contributed by atoms with Gasteiger partial charge in [-0.15, -0.1) is 0 Å². The SMILES string of the molecule is CC(=O)c1[nH]c(C)c(C(=O)c2ccccc2)c1C. The van der Waals surface area contributed by atoms with Crippen molar-refractivity contribution in [3.8, 4) is 0 Å². The number of ketones is 2. The topological polar surface area (TPSA) is 49.9 Å². The van der Waals surface area contributed by atoms with Gasteiger partial charge in [0.15, 0.2) is 11.6 Å². The van der Waals surface area contributed by atoms with Gasteiger partial charge in [0.25, 0.3) is 0 Å². The maximum absolute atomic E-state index is 12.4. The van der Waals surface area contributed by atoms with Gasteiger partial charge in [-0.25, -0.2) is 0 Å². The molecule has 0 aliphatic rings. The van der Waals surface area contributed by atoms with Crippen LogP contribution in [0.3, 0.4) is 0 Å². The van der Waals surface area contributed by atoms with Crippen molar-refractivity contribution in [3.63, 3.8) is 0 Å². The highest BCUT2D eigenvalue weighted by Gasteiger charge is 2.20. The summed E-state index contributed by atoms with van der Waals surface area (Å²) in [4.78, 5) is 26.8. The van der Waals surface area contributed by atoms with E-state index in [2.05, 4.69) is 4.98 Å². The smallest absolute Gasteiger partial charge is 0.195 e. The number of rotatable bonds is 3. The molecule has 0 radical (unpaired) electrons. The number of H-pyrrole nitrogens is 1. The monoisotopic (exact) mass is 241 g/mol. The zero-order valence-electron chi connectivity index (χ0n) is 10.7. The minimum Gasteiger partial charge on any atom is -0.355 e. The molecule has 1 N–H and O–H groups in total. The van der Waals surface area contributed by atoms with Crippen LogP contribution in [-0.4, -0.2) is 16.6 Å². The molecule has 0 spiro atoms. The molecule has 18 heavy (non-hydrogen) atoms. The normalized spacial score (nSPS) is 10.4. The van der Waals surface area contributed by atoms with E-state index in [-0.39, 0.29) is 11.6 Å². The van der Waals surface area contributed by atoms with E-state index in [0.29, 0.717) is 16.8 Å². The first kappa shape index (κ1) is 12.3. The number of aryl methyl sites for hydroxylation is 1. The van der Waals surface area contributed by atoms with Crippen molar-refractivity contribution in [1.29, 1.82) is 0 Å². The first-order valence-electron chi connectivity index (χ1n) is 5.82. The summed E-state index contributed by atoms with van der Waals surface area (Å²) < 4.78 is 0. The lowest BCUT2D eigenvalue weighted by molar-refractivity contribution is 0.101. The molecule has 3 nitrogen and oxygen atoms in total. The Labute approximate surface area is 106 Å². The second-order valence-corrected chi connectivity index (χ2v) is 4.38. The molecule has 0 saturated carbocycles. The summed E-state index contributed by atoms with van der Waals surface area (Å²) in [5.41, 5.74) is 3.23. The third-order valence-corrected chi connectivity index (χ3v) is 3.05. The maximum Gasteiger partial charge on any atom is 0.195 e. The predicted molar refractivity (Wildman–Crippen MR) is 70.1 cm³/mol. The molecule has 3 heteroatoms. The van der Waals surface area contributed by atoms with Gasteiger partial charge in [-0.1, -0.05) is 30.3 Å². The molecular weight excluding hydrogens is 226 g/mol. The number of aromatic nitrogens is 1.